The van der Waals surface area contributed by atoms with Gasteiger partial charge in [0.15, 0.2) is 0 Å². The Labute approximate surface area is 83.7 Å². The van der Waals surface area contributed by atoms with Crippen molar-refractivity contribution in [2.45, 2.75) is 6.43 Å². The number of aliphatic hydroxyl groups is 1. The summed E-state index contributed by atoms with van der Waals surface area (Å²) in [6.07, 6.45) is -2.74. The van der Waals surface area contributed by atoms with Crippen LogP contribution in [0.3, 0.4) is 0 Å². The zero-order chi connectivity index (χ0) is 10.5. The predicted octanol–water partition coefficient (Wildman–Crippen LogP) is 0.228. The lowest BCUT2D eigenvalue weighted by Gasteiger charge is -2.18. The van der Waals surface area contributed by atoms with Gasteiger partial charge in [0, 0.05) is 6.54 Å². The lowest BCUT2D eigenvalue weighted by Crippen LogP contribution is -2.37. The third kappa shape index (κ3) is 4.84. The first-order chi connectivity index (χ1) is 5.94. The van der Waals surface area contributed by atoms with Crippen molar-refractivity contribution in [1.29, 1.82) is 0 Å². The summed E-state index contributed by atoms with van der Waals surface area (Å²) in [6, 6.07) is 0. The van der Waals surface area contributed by atoms with E-state index in [1.165, 1.54) is 0 Å². The molecule has 0 radical (unpaired) electrons. The van der Waals surface area contributed by atoms with Gasteiger partial charge in [0.25, 0.3) is 6.43 Å². The van der Waals surface area contributed by atoms with Gasteiger partial charge in [0.1, 0.15) is 4.66 Å². The Morgan fingerprint density at radius 3 is 2.31 bits per heavy atom. The summed E-state index contributed by atoms with van der Waals surface area (Å²) in [7, 11) is -3.71. The fourth-order valence-electron chi connectivity index (χ4n) is 0.678. The number of nitrogens with zero attached hydrogens (tertiary/aromatic N) is 1. The molecule has 0 aromatic carbocycles. The summed E-state index contributed by atoms with van der Waals surface area (Å²) in [5.41, 5.74) is 0. The number of alkyl halides is 3. The molecule has 4 nitrogen and oxygen atoms in total. The van der Waals surface area contributed by atoms with Crippen molar-refractivity contribution < 1.29 is 22.3 Å². The molecule has 0 rings (SSSR count). The van der Waals surface area contributed by atoms with Crippen LogP contribution >= 0.6 is 15.9 Å². The van der Waals surface area contributed by atoms with Gasteiger partial charge in [-0.3, -0.25) is 0 Å². The summed E-state index contributed by atoms with van der Waals surface area (Å²) in [5, 5.41) is 8.44. The minimum atomic E-state index is -3.71. The van der Waals surface area contributed by atoms with Crippen LogP contribution in [0.25, 0.3) is 0 Å². The Hall–Kier alpha value is 0.210. The second kappa shape index (κ2) is 5.84. The van der Waals surface area contributed by atoms with Crippen molar-refractivity contribution in [3.05, 3.63) is 0 Å². The van der Waals surface area contributed by atoms with Gasteiger partial charge in [-0.25, -0.2) is 17.2 Å². The summed E-state index contributed by atoms with van der Waals surface area (Å²) in [5.74, 6) is 0. The Morgan fingerprint density at radius 2 is 2.00 bits per heavy atom. The standard InChI is InChI=1S/C5H10BrF2NO3S/c6-4-13(11,12)9(1-2-10)3-5(7)8/h5,10H,1-4H2. The van der Waals surface area contributed by atoms with E-state index in [9.17, 15) is 17.2 Å². The maximum absolute atomic E-state index is 11.9. The fraction of sp³-hybridized carbons (Fsp3) is 1.00. The third-order valence-corrected chi connectivity index (χ3v) is 4.35. The molecule has 0 aliphatic heterocycles. The number of hydrogen-bond donors (Lipinski definition) is 1. The largest absolute Gasteiger partial charge is 0.395 e. The average Bonchev–Trinajstić information content (AvgIpc) is 2.03. The normalized spacial score (nSPS) is 12.8. The second-order valence-corrected chi connectivity index (χ2v) is 5.47. The average molecular weight is 282 g/mol. The number of hydrogen-bond acceptors (Lipinski definition) is 3. The number of sulfonamides is 1. The molecule has 0 spiro atoms. The van der Waals surface area contributed by atoms with Crippen LogP contribution in [0.2, 0.25) is 0 Å². The van der Waals surface area contributed by atoms with Gasteiger partial charge in [0.05, 0.1) is 13.2 Å². The van der Waals surface area contributed by atoms with E-state index in [0.717, 1.165) is 0 Å². The van der Waals surface area contributed by atoms with Crippen molar-refractivity contribution >= 4 is 26.0 Å². The molecule has 8 heteroatoms. The van der Waals surface area contributed by atoms with E-state index >= 15 is 0 Å². The van der Waals surface area contributed by atoms with Crippen molar-refractivity contribution in [3.8, 4) is 0 Å². The van der Waals surface area contributed by atoms with Crippen molar-refractivity contribution in [2.24, 2.45) is 0 Å². The minimum Gasteiger partial charge on any atom is -0.395 e. The molecule has 0 atom stereocenters. The van der Waals surface area contributed by atoms with Gasteiger partial charge in [-0.15, -0.1) is 0 Å². The van der Waals surface area contributed by atoms with Crippen LogP contribution in [-0.4, -0.2) is 48.6 Å². The molecule has 0 amide bonds. The molecule has 0 saturated carbocycles. The van der Waals surface area contributed by atoms with Crippen LogP contribution in [0.4, 0.5) is 8.78 Å². The molecule has 0 aromatic heterocycles. The van der Waals surface area contributed by atoms with Crippen LogP contribution in [0.15, 0.2) is 0 Å². The van der Waals surface area contributed by atoms with Gasteiger partial charge >= 0.3 is 0 Å². The van der Waals surface area contributed by atoms with Crippen LogP contribution in [0.5, 0.6) is 0 Å². The highest BCUT2D eigenvalue weighted by molar-refractivity contribution is 9.10. The van der Waals surface area contributed by atoms with E-state index in [2.05, 4.69) is 15.9 Å². The van der Waals surface area contributed by atoms with E-state index in [0.29, 0.717) is 4.31 Å². The summed E-state index contributed by atoms with van der Waals surface area (Å²) in [4.78, 5) is 0. The minimum absolute atomic E-state index is 0.307. The van der Waals surface area contributed by atoms with Crippen molar-refractivity contribution in [3.63, 3.8) is 0 Å². The van der Waals surface area contributed by atoms with E-state index in [-0.39, 0.29) is 6.54 Å². The monoisotopic (exact) mass is 281 g/mol. The van der Waals surface area contributed by atoms with E-state index in [4.69, 9.17) is 5.11 Å². The molecule has 0 saturated heterocycles. The highest BCUT2D eigenvalue weighted by Gasteiger charge is 2.23. The highest BCUT2D eigenvalue weighted by Crippen LogP contribution is 2.07. The van der Waals surface area contributed by atoms with Gasteiger partial charge in [0.2, 0.25) is 10.0 Å². The van der Waals surface area contributed by atoms with Gasteiger partial charge in [-0.05, 0) is 0 Å². The lowest BCUT2D eigenvalue weighted by atomic mass is 10.6. The van der Waals surface area contributed by atoms with E-state index in [1.54, 1.807) is 0 Å². The van der Waals surface area contributed by atoms with Gasteiger partial charge in [-0.2, -0.15) is 4.31 Å². The number of halogens is 3. The molecule has 1 N–H and O–H groups in total. The first-order valence-corrected chi connectivity index (χ1v) is 6.10. The van der Waals surface area contributed by atoms with E-state index in [1.807, 2.05) is 0 Å². The summed E-state index contributed by atoms with van der Waals surface area (Å²) in [6.45, 7) is -1.66. The molecule has 80 valence electrons. The van der Waals surface area contributed by atoms with Gasteiger partial charge in [-0.1, -0.05) is 15.9 Å². The number of rotatable bonds is 6. The first kappa shape index (κ1) is 13.2. The Balaban J connectivity index is 4.41. The topological polar surface area (TPSA) is 57.6 Å². The maximum Gasteiger partial charge on any atom is 0.252 e. The zero-order valence-electron chi connectivity index (χ0n) is 6.66. The predicted molar refractivity (Wildman–Crippen MR) is 47.4 cm³/mol. The number of aliphatic hydroxyl groups excluding tert-OH is 1. The zero-order valence-corrected chi connectivity index (χ0v) is 9.06. The van der Waals surface area contributed by atoms with Crippen LogP contribution in [0.1, 0.15) is 0 Å². The fourth-order valence-corrected chi connectivity index (χ4v) is 2.38. The molecule has 13 heavy (non-hydrogen) atoms. The molecule has 0 fully saturated rings. The maximum atomic E-state index is 11.9. The first-order valence-electron chi connectivity index (χ1n) is 3.37. The van der Waals surface area contributed by atoms with E-state index < -0.39 is 34.3 Å². The molecule has 0 aromatic rings. The SMILES string of the molecule is O=S(=O)(CBr)N(CCO)CC(F)F. The Morgan fingerprint density at radius 1 is 1.46 bits per heavy atom. The molecular formula is C5H10BrF2NO3S. The van der Waals surface area contributed by atoms with Gasteiger partial charge < -0.3 is 5.11 Å². The Kier molecular flexibility index (Phi) is 5.93. The van der Waals surface area contributed by atoms with Crippen molar-refractivity contribution in [2.75, 3.05) is 24.4 Å². The quantitative estimate of drug-likeness (QED) is 0.709. The third-order valence-electron chi connectivity index (χ3n) is 1.22. The van der Waals surface area contributed by atoms with Crippen LogP contribution < -0.4 is 0 Å². The summed E-state index contributed by atoms with van der Waals surface area (Å²) < 4.78 is 46.0. The molecule has 0 aliphatic rings. The summed E-state index contributed by atoms with van der Waals surface area (Å²) >= 11 is 2.68. The van der Waals surface area contributed by atoms with Crippen LogP contribution in [0, 0.1) is 0 Å². The molecule has 0 heterocycles. The lowest BCUT2D eigenvalue weighted by molar-refractivity contribution is 0.113. The smallest absolute Gasteiger partial charge is 0.252 e. The Bertz CT molecular complexity index is 234. The molecule has 0 unspecified atom stereocenters. The molecular weight excluding hydrogens is 272 g/mol. The van der Waals surface area contributed by atoms with Crippen molar-refractivity contribution in [1.82, 2.24) is 4.31 Å². The second-order valence-electron chi connectivity index (χ2n) is 2.19. The van der Waals surface area contributed by atoms with Crippen LogP contribution in [-0.2, 0) is 10.0 Å². The highest BCUT2D eigenvalue weighted by atomic mass is 79.9. The molecule has 0 aliphatic carbocycles. The molecule has 0 bridgehead atoms.